The first kappa shape index (κ1) is 17.8. The molecule has 2 unspecified atom stereocenters. The minimum Gasteiger partial charge on any atom is -0.0736 e. The van der Waals surface area contributed by atoms with Gasteiger partial charge in [-0.05, 0) is 56.3 Å². The maximum Gasteiger partial charge on any atom is -0.0142 e. The van der Waals surface area contributed by atoms with Gasteiger partial charge in [0, 0.05) is 0 Å². The predicted octanol–water partition coefficient (Wildman–Crippen LogP) is 7.15. The van der Waals surface area contributed by atoms with Crippen molar-refractivity contribution >= 4 is 0 Å². The molecular formula is C20H38. The van der Waals surface area contributed by atoms with Crippen LogP contribution >= 0.6 is 0 Å². The van der Waals surface area contributed by atoms with Crippen molar-refractivity contribution in [2.45, 2.75) is 99.3 Å². The van der Waals surface area contributed by atoms with Crippen molar-refractivity contribution in [2.24, 2.45) is 17.3 Å². The van der Waals surface area contributed by atoms with E-state index in [9.17, 15) is 0 Å². The van der Waals surface area contributed by atoms with Crippen LogP contribution in [0.4, 0.5) is 0 Å². The molecule has 0 amide bonds. The van der Waals surface area contributed by atoms with Gasteiger partial charge >= 0.3 is 0 Å². The van der Waals surface area contributed by atoms with E-state index in [1.165, 1.54) is 57.8 Å². The van der Waals surface area contributed by atoms with Crippen LogP contribution in [0.2, 0.25) is 0 Å². The van der Waals surface area contributed by atoms with Crippen LogP contribution in [-0.4, -0.2) is 0 Å². The Morgan fingerprint density at radius 3 is 2.30 bits per heavy atom. The molecule has 1 aliphatic rings. The van der Waals surface area contributed by atoms with E-state index in [0.29, 0.717) is 5.41 Å². The Balaban J connectivity index is 2.34. The van der Waals surface area contributed by atoms with Crippen molar-refractivity contribution in [2.75, 3.05) is 0 Å². The largest absolute Gasteiger partial charge is 0.0736 e. The van der Waals surface area contributed by atoms with Crippen molar-refractivity contribution < 1.29 is 0 Å². The van der Waals surface area contributed by atoms with Gasteiger partial charge in [-0.3, -0.25) is 0 Å². The summed E-state index contributed by atoms with van der Waals surface area (Å²) < 4.78 is 0. The third-order valence-corrected chi connectivity index (χ3v) is 5.66. The Labute approximate surface area is 128 Å². The van der Waals surface area contributed by atoms with Gasteiger partial charge in [0.2, 0.25) is 0 Å². The molecule has 0 spiro atoms. The summed E-state index contributed by atoms with van der Waals surface area (Å²) in [5.41, 5.74) is 3.96. The fourth-order valence-corrected chi connectivity index (χ4v) is 3.78. The molecule has 0 aliphatic heterocycles. The van der Waals surface area contributed by atoms with Gasteiger partial charge in [-0.1, -0.05) is 71.4 Å². The molecule has 0 aromatic heterocycles. The SMILES string of the molecule is CCC(C)CCCC(C)CCC1=C(C)CCCC1(C)C. The normalized spacial score (nSPS) is 21.9. The highest BCUT2D eigenvalue weighted by Gasteiger charge is 2.27. The van der Waals surface area contributed by atoms with Gasteiger partial charge in [-0.2, -0.15) is 0 Å². The molecule has 0 radical (unpaired) electrons. The first-order valence-electron chi connectivity index (χ1n) is 9.06. The number of allylic oxidation sites excluding steroid dienone is 2. The average Bonchev–Trinajstić information content (AvgIpc) is 2.37. The molecule has 0 heteroatoms. The second-order valence-electron chi connectivity index (χ2n) is 8.08. The van der Waals surface area contributed by atoms with E-state index in [0.717, 1.165) is 11.8 Å². The first-order valence-corrected chi connectivity index (χ1v) is 9.06. The summed E-state index contributed by atoms with van der Waals surface area (Å²) in [5, 5.41) is 0. The van der Waals surface area contributed by atoms with E-state index in [2.05, 4.69) is 41.5 Å². The summed E-state index contributed by atoms with van der Waals surface area (Å²) in [6, 6.07) is 0. The number of rotatable bonds is 8. The van der Waals surface area contributed by atoms with Crippen LogP contribution in [0.5, 0.6) is 0 Å². The van der Waals surface area contributed by atoms with Gasteiger partial charge < -0.3 is 0 Å². The lowest BCUT2D eigenvalue weighted by Gasteiger charge is -2.35. The van der Waals surface area contributed by atoms with E-state index in [-0.39, 0.29) is 0 Å². The summed E-state index contributed by atoms with van der Waals surface area (Å²) >= 11 is 0. The van der Waals surface area contributed by atoms with Crippen LogP contribution in [-0.2, 0) is 0 Å². The lowest BCUT2D eigenvalue weighted by molar-refractivity contribution is 0.339. The topological polar surface area (TPSA) is 0 Å². The molecule has 0 heterocycles. The summed E-state index contributed by atoms with van der Waals surface area (Å²) in [6.07, 6.45) is 12.5. The van der Waals surface area contributed by atoms with Gasteiger partial charge in [0.15, 0.2) is 0 Å². The summed E-state index contributed by atoms with van der Waals surface area (Å²) in [5.74, 6) is 1.82. The quantitative estimate of drug-likeness (QED) is 0.414. The van der Waals surface area contributed by atoms with Crippen LogP contribution in [0.25, 0.3) is 0 Å². The summed E-state index contributed by atoms with van der Waals surface area (Å²) in [7, 11) is 0. The molecular weight excluding hydrogens is 240 g/mol. The maximum atomic E-state index is 2.46. The summed E-state index contributed by atoms with van der Waals surface area (Å²) in [4.78, 5) is 0. The van der Waals surface area contributed by atoms with Gasteiger partial charge in [-0.15, -0.1) is 0 Å². The second-order valence-corrected chi connectivity index (χ2v) is 8.08. The highest BCUT2D eigenvalue weighted by atomic mass is 14.3. The molecule has 0 bridgehead atoms. The van der Waals surface area contributed by atoms with Crippen LogP contribution < -0.4 is 0 Å². The van der Waals surface area contributed by atoms with Crippen LogP contribution in [0.1, 0.15) is 99.3 Å². The standard InChI is InChI=1S/C20H38/c1-7-16(2)10-8-11-17(3)13-14-19-18(4)12-9-15-20(19,5)6/h16-17H,7-15H2,1-6H3. The zero-order chi connectivity index (χ0) is 15.2. The molecule has 20 heavy (non-hydrogen) atoms. The van der Waals surface area contributed by atoms with Crippen molar-refractivity contribution in [1.29, 1.82) is 0 Å². The highest BCUT2D eigenvalue weighted by Crippen LogP contribution is 2.42. The minimum atomic E-state index is 0.471. The molecule has 1 aliphatic carbocycles. The highest BCUT2D eigenvalue weighted by molar-refractivity contribution is 5.22. The smallest absolute Gasteiger partial charge is 0.0142 e. The molecule has 0 saturated carbocycles. The van der Waals surface area contributed by atoms with E-state index in [1.807, 2.05) is 0 Å². The fraction of sp³-hybridized carbons (Fsp3) is 0.900. The van der Waals surface area contributed by atoms with Gasteiger partial charge in [-0.25, -0.2) is 0 Å². The molecule has 0 aromatic rings. The van der Waals surface area contributed by atoms with Crippen molar-refractivity contribution in [3.8, 4) is 0 Å². The molecule has 0 fully saturated rings. The van der Waals surface area contributed by atoms with Crippen molar-refractivity contribution in [3.05, 3.63) is 11.1 Å². The van der Waals surface area contributed by atoms with E-state index < -0.39 is 0 Å². The molecule has 0 aromatic carbocycles. The zero-order valence-electron chi connectivity index (χ0n) is 15.0. The van der Waals surface area contributed by atoms with E-state index in [1.54, 1.807) is 11.1 Å². The molecule has 118 valence electrons. The molecule has 0 nitrogen and oxygen atoms in total. The van der Waals surface area contributed by atoms with Crippen LogP contribution in [0, 0.1) is 17.3 Å². The first-order chi connectivity index (χ1) is 9.36. The Morgan fingerprint density at radius 2 is 1.70 bits per heavy atom. The molecule has 0 saturated heterocycles. The minimum absolute atomic E-state index is 0.471. The van der Waals surface area contributed by atoms with E-state index >= 15 is 0 Å². The van der Waals surface area contributed by atoms with Gasteiger partial charge in [0.1, 0.15) is 0 Å². The maximum absolute atomic E-state index is 2.46. The van der Waals surface area contributed by atoms with Gasteiger partial charge in [0.05, 0.1) is 0 Å². The monoisotopic (exact) mass is 278 g/mol. The van der Waals surface area contributed by atoms with E-state index in [4.69, 9.17) is 0 Å². The third kappa shape index (κ3) is 5.62. The average molecular weight is 279 g/mol. The fourth-order valence-electron chi connectivity index (χ4n) is 3.78. The predicted molar refractivity (Wildman–Crippen MR) is 92.0 cm³/mol. The molecule has 0 N–H and O–H groups in total. The van der Waals surface area contributed by atoms with Crippen molar-refractivity contribution in [1.82, 2.24) is 0 Å². The third-order valence-electron chi connectivity index (χ3n) is 5.66. The molecule has 2 atom stereocenters. The van der Waals surface area contributed by atoms with Gasteiger partial charge in [0.25, 0.3) is 0 Å². The van der Waals surface area contributed by atoms with Crippen LogP contribution in [0.15, 0.2) is 11.1 Å². The number of hydrogen-bond acceptors (Lipinski definition) is 0. The Kier molecular flexibility index (Phi) is 7.34. The number of hydrogen-bond donors (Lipinski definition) is 0. The Hall–Kier alpha value is -0.260. The Morgan fingerprint density at radius 1 is 1.05 bits per heavy atom. The molecule has 1 rings (SSSR count). The van der Waals surface area contributed by atoms with Crippen molar-refractivity contribution in [3.63, 3.8) is 0 Å². The lowest BCUT2D eigenvalue weighted by Crippen LogP contribution is -2.20. The Bertz CT molecular complexity index is 308. The zero-order valence-corrected chi connectivity index (χ0v) is 15.0. The van der Waals surface area contributed by atoms with Crippen LogP contribution in [0.3, 0.4) is 0 Å². The second kappa shape index (κ2) is 8.25. The summed E-state index contributed by atoms with van der Waals surface area (Å²) in [6.45, 7) is 14.5. The lowest BCUT2D eigenvalue weighted by atomic mass is 9.70.